The Morgan fingerprint density at radius 2 is 1.59 bits per heavy atom. The molecule has 0 atom stereocenters. The lowest BCUT2D eigenvalue weighted by Gasteiger charge is -2.35. The summed E-state index contributed by atoms with van der Waals surface area (Å²) in [6.45, 7) is 5.10. The molecule has 2 amide bonds. The first kappa shape index (κ1) is 16.5. The lowest BCUT2D eigenvalue weighted by atomic mass is 10.1. The van der Waals surface area contributed by atoms with Crippen molar-refractivity contribution >= 4 is 11.8 Å². The number of unbranched alkanes of at least 4 members (excludes halogenated alkanes) is 1. The number of carbonyl (C=O) groups excluding carboxylic acids is 2. The summed E-state index contributed by atoms with van der Waals surface area (Å²) in [6, 6.07) is 7.62. The van der Waals surface area contributed by atoms with Crippen molar-refractivity contribution in [3.63, 3.8) is 0 Å². The summed E-state index contributed by atoms with van der Waals surface area (Å²) in [7, 11) is 0. The quantitative estimate of drug-likeness (QED) is 0.836. The molecule has 1 saturated heterocycles. The van der Waals surface area contributed by atoms with E-state index in [0.717, 1.165) is 18.4 Å². The lowest BCUT2D eigenvalue weighted by molar-refractivity contribution is -0.132. The van der Waals surface area contributed by atoms with E-state index in [1.807, 2.05) is 41.0 Å². The second-order valence-electron chi connectivity index (χ2n) is 5.78. The third-order valence-electron chi connectivity index (χ3n) is 4.06. The number of hydrogen-bond acceptors (Lipinski definition) is 3. The molecule has 22 heavy (non-hydrogen) atoms. The molecule has 0 bridgehead atoms. The zero-order valence-corrected chi connectivity index (χ0v) is 13.3. The third kappa shape index (κ3) is 4.31. The monoisotopic (exact) mass is 303 g/mol. The number of amides is 2. The maximum Gasteiger partial charge on any atom is 0.253 e. The number of nitrogens with two attached hydrogens (primary N) is 1. The molecule has 1 fully saturated rings. The Morgan fingerprint density at radius 3 is 2.18 bits per heavy atom. The Bertz CT molecular complexity index is 505. The van der Waals surface area contributed by atoms with Crippen LogP contribution in [0.15, 0.2) is 24.3 Å². The van der Waals surface area contributed by atoms with Gasteiger partial charge >= 0.3 is 0 Å². The van der Waals surface area contributed by atoms with Gasteiger partial charge in [-0.25, -0.2) is 0 Å². The number of nitrogens with zero attached hydrogens (tertiary/aromatic N) is 2. The van der Waals surface area contributed by atoms with E-state index in [-0.39, 0.29) is 11.8 Å². The third-order valence-corrected chi connectivity index (χ3v) is 4.06. The van der Waals surface area contributed by atoms with Gasteiger partial charge in [-0.05, 0) is 38.4 Å². The lowest BCUT2D eigenvalue weighted by Crippen LogP contribution is -2.50. The molecule has 0 radical (unpaired) electrons. The van der Waals surface area contributed by atoms with Crippen LogP contribution in [-0.4, -0.2) is 54.3 Å². The predicted octanol–water partition coefficient (Wildman–Crippen LogP) is 1.41. The molecule has 1 aromatic rings. The Balaban J connectivity index is 1.82. The number of benzene rings is 1. The highest BCUT2D eigenvalue weighted by Gasteiger charge is 2.24. The highest BCUT2D eigenvalue weighted by Crippen LogP contribution is 2.11. The molecule has 1 aliphatic rings. The molecule has 1 aliphatic heterocycles. The summed E-state index contributed by atoms with van der Waals surface area (Å²) in [5.41, 5.74) is 7.30. The Labute approximate surface area is 132 Å². The number of carbonyl (C=O) groups is 2. The van der Waals surface area contributed by atoms with Gasteiger partial charge < -0.3 is 15.5 Å². The first-order chi connectivity index (χ1) is 10.6. The number of rotatable bonds is 5. The van der Waals surface area contributed by atoms with Gasteiger partial charge in [-0.1, -0.05) is 17.7 Å². The Hall–Kier alpha value is -1.88. The van der Waals surface area contributed by atoms with Gasteiger partial charge in [0.25, 0.3) is 5.91 Å². The zero-order chi connectivity index (χ0) is 15.9. The summed E-state index contributed by atoms with van der Waals surface area (Å²) >= 11 is 0. The van der Waals surface area contributed by atoms with Crippen LogP contribution in [0.5, 0.6) is 0 Å². The van der Waals surface area contributed by atoms with E-state index in [1.165, 1.54) is 0 Å². The van der Waals surface area contributed by atoms with E-state index >= 15 is 0 Å². The van der Waals surface area contributed by atoms with E-state index in [9.17, 15) is 9.59 Å². The van der Waals surface area contributed by atoms with Crippen molar-refractivity contribution in [1.29, 1.82) is 0 Å². The van der Waals surface area contributed by atoms with Crippen LogP contribution in [0.25, 0.3) is 0 Å². The van der Waals surface area contributed by atoms with Crippen LogP contribution < -0.4 is 5.73 Å². The molecule has 2 rings (SSSR count). The SMILES string of the molecule is Cc1ccc(C(=O)N2CCN(C(=O)CCCCN)CC2)cc1. The predicted molar refractivity (Wildman–Crippen MR) is 86.6 cm³/mol. The molecule has 0 saturated carbocycles. The number of aryl methyl sites for hydroxylation is 1. The average molecular weight is 303 g/mol. The number of hydrogen-bond donors (Lipinski definition) is 1. The van der Waals surface area contributed by atoms with Crippen molar-refractivity contribution in [2.75, 3.05) is 32.7 Å². The van der Waals surface area contributed by atoms with Crippen LogP contribution in [0, 0.1) is 6.92 Å². The van der Waals surface area contributed by atoms with Gasteiger partial charge in [0.05, 0.1) is 0 Å². The minimum absolute atomic E-state index is 0.0511. The van der Waals surface area contributed by atoms with Gasteiger partial charge in [0.1, 0.15) is 0 Å². The standard InChI is InChI=1S/C17H25N3O2/c1-14-5-7-15(8-6-14)17(22)20-12-10-19(11-13-20)16(21)4-2-3-9-18/h5-8H,2-4,9-13,18H2,1H3. The van der Waals surface area contributed by atoms with Crippen LogP contribution in [0.1, 0.15) is 35.2 Å². The molecular weight excluding hydrogens is 278 g/mol. The van der Waals surface area contributed by atoms with E-state index in [1.54, 1.807) is 0 Å². The van der Waals surface area contributed by atoms with E-state index < -0.39 is 0 Å². The van der Waals surface area contributed by atoms with E-state index in [2.05, 4.69) is 0 Å². The summed E-state index contributed by atoms with van der Waals surface area (Å²) in [5.74, 6) is 0.228. The molecule has 5 nitrogen and oxygen atoms in total. The van der Waals surface area contributed by atoms with Crippen LogP contribution in [0.2, 0.25) is 0 Å². The van der Waals surface area contributed by atoms with Crippen molar-refractivity contribution in [3.05, 3.63) is 35.4 Å². The van der Waals surface area contributed by atoms with Gasteiger partial charge in [-0.15, -0.1) is 0 Å². The van der Waals surface area contributed by atoms with Crippen molar-refractivity contribution in [2.24, 2.45) is 5.73 Å². The maximum atomic E-state index is 12.4. The largest absolute Gasteiger partial charge is 0.339 e. The van der Waals surface area contributed by atoms with Crippen molar-refractivity contribution < 1.29 is 9.59 Å². The van der Waals surface area contributed by atoms with Crippen molar-refractivity contribution in [2.45, 2.75) is 26.2 Å². The van der Waals surface area contributed by atoms with Gasteiger partial charge in [-0.3, -0.25) is 9.59 Å². The molecule has 0 unspecified atom stereocenters. The van der Waals surface area contributed by atoms with Crippen LogP contribution in [-0.2, 0) is 4.79 Å². The summed E-state index contributed by atoms with van der Waals surface area (Å²) < 4.78 is 0. The maximum absolute atomic E-state index is 12.4. The molecule has 0 aromatic heterocycles. The smallest absolute Gasteiger partial charge is 0.253 e. The topological polar surface area (TPSA) is 66.6 Å². The first-order valence-electron chi connectivity index (χ1n) is 7.95. The van der Waals surface area contributed by atoms with Crippen molar-refractivity contribution in [1.82, 2.24) is 9.80 Å². The molecule has 1 aromatic carbocycles. The summed E-state index contributed by atoms with van der Waals surface area (Å²) in [4.78, 5) is 28.1. The van der Waals surface area contributed by atoms with Gasteiger partial charge in [0, 0.05) is 38.2 Å². The fraction of sp³-hybridized carbons (Fsp3) is 0.529. The minimum atomic E-state index is 0.0511. The number of piperazine rings is 1. The van der Waals surface area contributed by atoms with Gasteiger partial charge in [-0.2, -0.15) is 0 Å². The Morgan fingerprint density at radius 1 is 1.00 bits per heavy atom. The van der Waals surface area contributed by atoms with Crippen LogP contribution >= 0.6 is 0 Å². The van der Waals surface area contributed by atoms with Crippen LogP contribution in [0.4, 0.5) is 0 Å². The molecule has 0 spiro atoms. The molecular formula is C17H25N3O2. The fourth-order valence-corrected chi connectivity index (χ4v) is 2.62. The van der Waals surface area contributed by atoms with E-state index in [0.29, 0.717) is 44.7 Å². The highest BCUT2D eigenvalue weighted by molar-refractivity contribution is 5.94. The second-order valence-corrected chi connectivity index (χ2v) is 5.78. The van der Waals surface area contributed by atoms with Gasteiger partial charge in [0.2, 0.25) is 5.91 Å². The normalized spacial score (nSPS) is 15.0. The van der Waals surface area contributed by atoms with Crippen LogP contribution in [0.3, 0.4) is 0 Å². The first-order valence-corrected chi connectivity index (χ1v) is 7.95. The Kier molecular flexibility index (Phi) is 5.95. The second kappa shape index (κ2) is 7.94. The molecule has 1 heterocycles. The molecule has 120 valence electrons. The highest BCUT2D eigenvalue weighted by atomic mass is 16.2. The zero-order valence-electron chi connectivity index (χ0n) is 13.3. The fourth-order valence-electron chi connectivity index (χ4n) is 2.62. The summed E-state index contributed by atoms with van der Waals surface area (Å²) in [6.07, 6.45) is 2.29. The van der Waals surface area contributed by atoms with Gasteiger partial charge in [0.15, 0.2) is 0 Å². The molecule has 0 aliphatic carbocycles. The summed E-state index contributed by atoms with van der Waals surface area (Å²) in [5, 5.41) is 0. The molecule has 2 N–H and O–H groups in total. The average Bonchev–Trinajstić information content (AvgIpc) is 2.55. The van der Waals surface area contributed by atoms with Crippen molar-refractivity contribution in [3.8, 4) is 0 Å². The van der Waals surface area contributed by atoms with E-state index in [4.69, 9.17) is 5.73 Å². The minimum Gasteiger partial charge on any atom is -0.339 e. The molecule has 5 heteroatoms.